The summed E-state index contributed by atoms with van der Waals surface area (Å²) in [7, 11) is 0. The summed E-state index contributed by atoms with van der Waals surface area (Å²) in [6.07, 6.45) is 2.07. The van der Waals surface area contributed by atoms with E-state index >= 15 is 0 Å². The highest BCUT2D eigenvalue weighted by atomic mass is 35.5. The molecule has 0 saturated carbocycles. The standard InChI is InChI=1S/C14H16Cl2N4O/c1-3-11-6-4-5-7-12(11)20(13(21)10(2)15)8-14(16)17-9-18-19-14/h4-7,9-10H,3,8H2,1-2H3. The van der Waals surface area contributed by atoms with Crippen LogP contribution >= 0.6 is 23.2 Å². The molecule has 1 aliphatic rings. The Morgan fingerprint density at radius 2 is 2.14 bits per heavy atom. The number of carbonyl (C=O) groups is 1. The zero-order valence-corrected chi connectivity index (χ0v) is 13.3. The van der Waals surface area contributed by atoms with Gasteiger partial charge in [0.2, 0.25) is 5.91 Å². The molecule has 0 aliphatic carbocycles. The second-order valence-electron chi connectivity index (χ2n) is 4.70. The van der Waals surface area contributed by atoms with E-state index in [0.717, 1.165) is 17.7 Å². The SMILES string of the molecule is CCc1ccccc1N(CC1(Cl)N=CN=N1)C(=O)C(C)Cl. The second-order valence-corrected chi connectivity index (χ2v) is 5.96. The van der Waals surface area contributed by atoms with Gasteiger partial charge in [0.25, 0.3) is 5.12 Å². The molecule has 0 saturated heterocycles. The van der Waals surface area contributed by atoms with Gasteiger partial charge in [-0.2, -0.15) is 0 Å². The summed E-state index contributed by atoms with van der Waals surface area (Å²) in [5.41, 5.74) is 1.80. The molecule has 0 N–H and O–H groups in total. The number of halogens is 2. The topological polar surface area (TPSA) is 57.4 Å². The molecular formula is C14H16Cl2N4O. The van der Waals surface area contributed by atoms with Gasteiger partial charge in [-0.15, -0.1) is 21.8 Å². The highest BCUT2D eigenvalue weighted by molar-refractivity contribution is 6.33. The fourth-order valence-corrected chi connectivity index (χ4v) is 2.42. The first-order chi connectivity index (χ1) is 9.97. The summed E-state index contributed by atoms with van der Waals surface area (Å²) in [6, 6.07) is 7.63. The van der Waals surface area contributed by atoms with Crippen LogP contribution in [0.5, 0.6) is 0 Å². The number of alkyl halides is 2. The first-order valence-corrected chi connectivity index (χ1v) is 7.46. The minimum Gasteiger partial charge on any atom is -0.305 e. The van der Waals surface area contributed by atoms with Crippen molar-refractivity contribution in [2.24, 2.45) is 15.2 Å². The van der Waals surface area contributed by atoms with Gasteiger partial charge in [0.15, 0.2) is 0 Å². The summed E-state index contributed by atoms with van der Waals surface area (Å²) in [4.78, 5) is 18.0. The minimum absolute atomic E-state index is 0.0848. The van der Waals surface area contributed by atoms with E-state index < -0.39 is 10.5 Å². The number of hydrogen-bond acceptors (Lipinski definition) is 4. The van der Waals surface area contributed by atoms with Crippen LogP contribution in [0.1, 0.15) is 19.4 Å². The molecule has 2 unspecified atom stereocenters. The number of amides is 1. The van der Waals surface area contributed by atoms with Crippen molar-refractivity contribution in [3.63, 3.8) is 0 Å². The number of aryl methyl sites for hydroxylation is 1. The molecule has 1 aliphatic heterocycles. The summed E-state index contributed by atoms with van der Waals surface area (Å²) < 4.78 is 0. The Bertz CT molecular complexity index is 574. The molecule has 21 heavy (non-hydrogen) atoms. The highest BCUT2D eigenvalue weighted by Gasteiger charge is 2.35. The Morgan fingerprint density at radius 1 is 1.43 bits per heavy atom. The first kappa shape index (κ1) is 15.9. The summed E-state index contributed by atoms with van der Waals surface area (Å²) in [5.74, 6) is -0.241. The van der Waals surface area contributed by atoms with E-state index in [-0.39, 0.29) is 12.5 Å². The lowest BCUT2D eigenvalue weighted by Crippen LogP contribution is -2.43. The van der Waals surface area contributed by atoms with Gasteiger partial charge < -0.3 is 4.90 Å². The van der Waals surface area contributed by atoms with Crippen molar-refractivity contribution in [3.05, 3.63) is 29.8 Å². The number of hydrogen-bond donors (Lipinski definition) is 0. The molecule has 0 bridgehead atoms. The summed E-state index contributed by atoms with van der Waals surface area (Å²) >= 11 is 12.2. The van der Waals surface area contributed by atoms with Gasteiger partial charge in [0.1, 0.15) is 11.7 Å². The third-order valence-electron chi connectivity index (χ3n) is 3.15. The lowest BCUT2D eigenvalue weighted by Gasteiger charge is -2.29. The van der Waals surface area contributed by atoms with Crippen molar-refractivity contribution in [2.45, 2.75) is 30.8 Å². The first-order valence-electron chi connectivity index (χ1n) is 6.65. The molecule has 0 spiro atoms. The summed E-state index contributed by atoms with van der Waals surface area (Å²) in [5, 5.41) is 5.58. The average molecular weight is 327 g/mol. The van der Waals surface area contributed by atoms with Gasteiger partial charge in [-0.1, -0.05) is 36.7 Å². The fourth-order valence-electron chi connectivity index (χ4n) is 2.10. The van der Waals surface area contributed by atoms with Crippen molar-refractivity contribution < 1.29 is 4.79 Å². The lowest BCUT2D eigenvalue weighted by atomic mass is 10.1. The zero-order chi connectivity index (χ0) is 15.5. The quantitative estimate of drug-likeness (QED) is 0.602. The normalized spacial score (nSPS) is 21.5. The Morgan fingerprint density at radius 3 is 2.71 bits per heavy atom. The molecule has 1 heterocycles. The molecule has 0 aromatic heterocycles. The second kappa shape index (κ2) is 6.54. The van der Waals surface area contributed by atoms with Crippen molar-refractivity contribution in [3.8, 4) is 0 Å². The Labute approximate surface area is 133 Å². The van der Waals surface area contributed by atoms with Crippen LogP contribution in [0.3, 0.4) is 0 Å². The molecule has 1 aromatic carbocycles. The average Bonchev–Trinajstić information content (AvgIpc) is 2.91. The van der Waals surface area contributed by atoms with E-state index in [1.54, 1.807) is 6.92 Å². The lowest BCUT2D eigenvalue weighted by molar-refractivity contribution is -0.118. The Kier molecular flexibility index (Phi) is 4.96. The third kappa shape index (κ3) is 3.60. The predicted octanol–water partition coefficient (Wildman–Crippen LogP) is 3.60. The van der Waals surface area contributed by atoms with E-state index in [1.165, 1.54) is 11.2 Å². The van der Waals surface area contributed by atoms with E-state index in [4.69, 9.17) is 23.2 Å². The summed E-state index contributed by atoms with van der Waals surface area (Å²) in [6.45, 7) is 3.74. The number of azo groups is 1. The number of anilines is 1. The smallest absolute Gasteiger partial charge is 0.264 e. The maximum Gasteiger partial charge on any atom is 0.264 e. The van der Waals surface area contributed by atoms with Gasteiger partial charge in [-0.3, -0.25) is 4.79 Å². The van der Waals surface area contributed by atoms with Crippen LogP contribution in [0.4, 0.5) is 5.69 Å². The zero-order valence-electron chi connectivity index (χ0n) is 11.8. The molecule has 2 atom stereocenters. The van der Waals surface area contributed by atoms with Crippen LogP contribution in [0.25, 0.3) is 0 Å². The van der Waals surface area contributed by atoms with E-state index in [2.05, 4.69) is 15.2 Å². The van der Waals surface area contributed by atoms with Crippen molar-refractivity contribution in [1.29, 1.82) is 0 Å². The number of rotatable bonds is 5. The highest BCUT2D eigenvalue weighted by Crippen LogP contribution is 2.30. The Balaban J connectivity index is 2.39. The van der Waals surface area contributed by atoms with Crippen molar-refractivity contribution in [1.82, 2.24) is 0 Å². The van der Waals surface area contributed by atoms with E-state index in [1.807, 2.05) is 31.2 Å². The van der Waals surface area contributed by atoms with Crippen LogP contribution in [0.2, 0.25) is 0 Å². The maximum atomic E-state index is 12.5. The van der Waals surface area contributed by atoms with Crippen LogP contribution in [-0.4, -0.2) is 29.3 Å². The van der Waals surface area contributed by atoms with Crippen molar-refractivity contribution in [2.75, 3.05) is 11.4 Å². The van der Waals surface area contributed by atoms with E-state index in [9.17, 15) is 4.79 Å². The molecule has 0 radical (unpaired) electrons. The van der Waals surface area contributed by atoms with Gasteiger partial charge in [-0.25, -0.2) is 4.99 Å². The maximum absolute atomic E-state index is 12.5. The number of para-hydroxylation sites is 1. The fraction of sp³-hybridized carbons (Fsp3) is 0.429. The number of carbonyl (C=O) groups excluding carboxylic acids is 1. The molecule has 1 amide bonds. The molecule has 7 heteroatoms. The number of benzene rings is 1. The van der Waals surface area contributed by atoms with Gasteiger partial charge >= 0.3 is 0 Å². The third-order valence-corrected chi connectivity index (χ3v) is 3.63. The molecule has 2 rings (SSSR count). The van der Waals surface area contributed by atoms with Gasteiger partial charge in [0.05, 0.1) is 6.54 Å². The predicted molar refractivity (Wildman–Crippen MR) is 85.4 cm³/mol. The molecule has 5 nitrogen and oxygen atoms in total. The van der Waals surface area contributed by atoms with E-state index in [0.29, 0.717) is 0 Å². The van der Waals surface area contributed by atoms with Crippen LogP contribution < -0.4 is 4.90 Å². The molecule has 0 fully saturated rings. The monoisotopic (exact) mass is 326 g/mol. The van der Waals surface area contributed by atoms with Gasteiger partial charge in [-0.05, 0) is 25.0 Å². The largest absolute Gasteiger partial charge is 0.305 e. The number of aliphatic imine (C=N–C) groups is 1. The molecule has 1 aromatic rings. The Hall–Kier alpha value is -1.46. The van der Waals surface area contributed by atoms with Gasteiger partial charge in [0, 0.05) is 5.69 Å². The number of nitrogens with zero attached hydrogens (tertiary/aromatic N) is 4. The van der Waals surface area contributed by atoms with Crippen LogP contribution in [-0.2, 0) is 11.2 Å². The molecular weight excluding hydrogens is 311 g/mol. The van der Waals surface area contributed by atoms with Crippen molar-refractivity contribution >= 4 is 41.1 Å². The van der Waals surface area contributed by atoms with Crippen LogP contribution in [0.15, 0.2) is 39.5 Å². The molecule has 112 valence electrons. The van der Waals surface area contributed by atoms with Crippen LogP contribution in [0, 0.1) is 0 Å². The minimum atomic E-state index is -1.28.